The summed E-state index contributed by atoms with van der Waals surface area (Å²) in [6.45, 7) is 3.41. The predicted molar refractivity (Wildman–Crippen MR) is 108 cm³/mol. The van der Waals surface area contributed by atoms with Crippen LogP contribution in [0.2, 0.25) is 4.34 Å². The Bertz CT molecular complexity index is 931. The quantitative estimate of drug-likeness (QED) is 0.676. The van der Waals surface area contributed by atoms with Gasteiger partial charge in [0.25, 0.3) is 0 Å². The number of sulfonamides is 1. The Morgan fingerprint density at radius 3 is 2.61 bits per heavy atom. The lowest BCUT2D eigenvalue weighted by atomic mass is 9.98. The van der Waals surface area contributed by atoms with E-state index in [-0.39, 0.29) is 23.3 Å². The molecule has 1 aliphatic rings. The fraction of sp³-hybridized carbons (Fsp3) is 0.421. The molecule has 1 amide bonds. The Hall–Kier alpha value is -1.48. The monoisotopic (exact) mass is 444 g/mol. The first kappa shape index (κ1) is 21.2. The van der Waals surface area contributed by atoms with Crippen molar-refractivity contribution in [2.75, 3.05) is 19.6 Å². The van der Waals surface area contributed by atoms with Gasteiger partial charge in [0.05, 0.1) is 21.7 Å². The highest BCUT2D eigenvalue weighted by atomic mass is 35.5. The maximum absolute atomic E-state index is 13.1. The zero-order valence-corrected chi connectivity index (χ0v) is 17.9. The molecule has 0 unspecified atom stereocenters. The van der Waals surface area contributed by atoms with E-state index >= 15 is 0 Å². The highest BCUT2D eigenvalue weighted by Crippen LogP contribution is 2.27. The van der Waals surface area contributed by atoms with E-state index < -0.39 is 15.8 Å². The van der Waals surface area contributed by atoms with E-state index in [1.54, 1.807) is 11.0 Å². The number of carbonyl (C=O) groups excluding carboxylic acids is 1. The van der Waals surface area contributed by atoms with Gasteiger partial charge in [0.15, 0.2) is 0 Å². The lowest BCUT2D eigenvalue weighted by molar-refractivity contribution is -0.137. The van der Waals surface area contributed by atoms with Gasteiger partial charge < -0.3 is 4.90 Å². The van der Waals surface area contributed by atoms with Crippen molar-refractivity contribution in [2.24, 2.45) is 5.92 Å². The standard InChI is InChI=1S/C19H22ClFN2O3S2/c1-2-22(13-16-7-10-18(20)27-16)19(24)14-4-3-11-23(12-14)28(25,26)17-8-5-15(21)6-9-17/h5-10,14H,2-4,11-13H2,1H3/t14-/m0/s1. The first-order valence-corrected chi connectivity index (χ1v) is 11.7. The van der Waals surface area contributed by atoms with Crippen molar-refractivity contribution < 1.29 is 17.6 Å². The van der Waals surface area contributed by atoms with E-state index in [9.17, 15) is 17.6 Å². The number of hydrogen-bond donors (Lipinski definition) is 0. The maximum Gasteiger partial charge on any atom is 0.243 e. The molecule has 2 heterocycles. The van der Waals surface area contributed by atoms with E-state index in [1.807, 2.05) is 13.0 Å². The van der Waals surface area contributed by atoms with Crippen LogP contribution < -0.4 is 0 Å². The Kier molecular flexibility index (Phi) is 6.75. The highest BCUT2D eigenvalue weighted by Gasteiger charge is 2.34. The molecular formula is C19H22ClFN2O3S2. The summed E-state index contributed by atoms with van der Waals surface area (Å²) >= 11 is 7.40. The Labute approximate surface area is 173 Å². The molecule has 0 saturated carbocycles. The summed E-state index contributed by atoms with van der Waals surface area (Å²) in [6.07, 6.45) is 1.26. The van der Waals surface area contributed by atoms with Crippen molar-refractivity contribution in [3.8, 4) is 0 Å². The van der Waals surface area contributed by atoms with Crippen LogP contribution in [0.5, 0.6) is 0 Å². The number of halogens is 2. The summed E-state index contributed by atoms with van der Waals surface area (Å²) in [5.41, 5.74) is 0. The third kappa shape index (κ3) is 4.74. The Morgan fingerprint density at radius 1 is 1.29 bits per heavy atom. The van der Waals surface area contributed by atoms with Crippen molar-refractivity contribution in [1.82, 2.24) is 9.21 Å². The fourth-order valence-corrected chi connectivity index (χ4v) is 5.97. The molecular weight excluding hydrogens is 423 g/mol. The molecule has 3 rings (SSSR count). The molecule has 152 valence electrons. The largest absolute Gasteiger partial charge is 0.338 e. The molecule has 0 N–H and O–H groups in total. The number of nitrogens with zero attached hydrogens (tertiary/aromatic N) is 2. The first-order chi connectivity index (χ1) is 13.3. The molecule has 1 aromatic heterocycles. The molecule has 1 aliphatic heterocycles. The minimum Gasteiger partial charge on any atom is -0.338 e. The third-order valence-corrected chi connectivity index (χ3v) is 7.95. The van der Waals surface area contributed by atoms with Crippen LogP contribution in [-0.2, 0) is 21.4 Å². The molecule has 0 spiro atoms. The zero-order chi connectivity index (χ0) is 20.3. The van der Waals surface area contributed by atoms with Crippen LogP contribution in [0.15, 0.2) is 41.3 Å². The SMILES string of the molecule is CCN(Cc1ccc(Cl)s1)C(=O)[C@H]1CCCN(S(=O)(=O)c2ccc(F)cc2)C1. The van der Waals surface area contributed by atoms with Crippen LogP contribution in [0.3, 0.4) is 0 Å². The van der Waals surface area contributed by atoms with Crippen LogP contribution in [0.1, 0.15) is 24.6 Å². The highest BCUT2D eigenvalue weighted by molar-refractivity contribution is 7.89. The predicted octanol–water partition coefficient (Wildman–Crippen LogP) is 3.99. The topological polar surface area (TPSA) is 57.7 Å². The van der Waals surface area contributed by atoms with E-state index in [1.165, 1.54) is 27.8 Å². The molecule has 1 saturated heterocycles. The van der Waals surface area contributed by atoms with Crippen molar-refractivity contribution in [3.05, 3.63) is 51.4 Å². The molecule has 5 nitrogen and oxygen atoms in total. The number of piperidine rings is 1. The second-order valence-corrected chi connectivity index (χ2v) is 10.5. The normalized spacial score (nSPS) is 18.2. The van der Waals surface area contributed by atoms with Gasteiger partial charge in [0.2, 0.25) is 15.9 Å². The molecule has 1 atom stereocenters. The summed E-state index contributed by atoms with van der Waals surface area (Å²) < 4.78 is 40.9. The number of rotatable bonds is 6. The Balaban J connectivity index is 1.72. The van der Waals surface area contributed by atoms with Crippen LogP contribution in [-0.4, -0.2) is 43.2 Å². The van der Waals surface area contributed by atoms with Gasteiger partial charge in [-0.15, -0.1) is 11.3 Å². The Morgan fingerprint density at radius 2 is 2.00 bits per heavy atom. The minimum atomic E-state index is -3.75. The average molecular weight is 445 g/mol. The number of hydrogen-bond acceptors (Lipinski definition) is 4. The van der Waals surface area contributed by atoms with Crippen LogP contribution in [0.25, 0.3) is 0 Å². The fourth-order valence-electron chi connectivity index (χ4n) is 3.35. The summed E-state index contributed by atoms with van der Waals surface area (Å²) in [7, 11) is -3.75. The van der Waals surface area contributed by atoms with Crippen LogP contribution in [0.4, 0.5) is 4.39 Å². The lowest BCUT2D eigenvalue weighted by Crippen LogP contribution is -2.46. The van der Waals surface area contributed by atoms with Gasteiger partial charge in [-0.05, 0) is 56.2 Å². The van der Waals surface area contributed by atoms with Gasteiger partial charge in [-0.25, -0.2) is 12.8 Å². The third-order valence-electron chi connectivity index (χ3n) is 4.85. The summed E-state index contributed by atoms with van der Waals surface area (Å²) in [5, 5.41) is 0. The first-order valence-electron chi connectivity index (χ1n) is 9.10. The zero-order valence-electron chi connectivity index (χ0n) is 15.5. The summed E-state index contributed by atoms with van der Waals surface area (Å²) in [4.78, 5) is 15.8. The van der Waals surface area contributed by atoms with Crippen molar-refractivity contribution in [3.63, 3.8) is 0 Å². The maximum atomic E-state index is 13.1. The second-order valence-electron chi connectivity index (χ2n) is 6.71. The van der Waals surface area contributed by atoms with Gasteiger partial charge >= 0.3 is 0 Å². The molecule has 1 aromatic carbocycles. The minimum absolute atomic E-state index is 0.0441. The number of thiophene rings is 1. The van der Waals surface area contributed by atoms with Gasteiger partial charge in [0, 0.05) is 24.5 Å². The molecule has 1 fully saturated rings. The smallest absolute Gasteiger partial charge is 0.243 e. The van der Waals surface area contributed by atoms with Crippen LogP contribution in [0, 0.1) is 11.7 Å². The van der Waals surface area contributed by atoms with E-state index in [0.29, 0.717) is 36.8 Å². The molecule has 9 heteroatoms. The molecule has 28 heavy (non-hydrogen) atoms. The van der Waals surface area contributed by atoms with Crippen molar-refractivity contribution in [1.29, 1.82) is 0 Å². The molecule has 0 bridgehead atoms. The van der Waals surface area contributed by atoms with Gasteiger partial charge in [-0.2, -0.15) is 4.31 Å². The lowest BCUT2D eigenvalue weighted by Gasteiger charge is -2.34. The van der Waals surface area contributed by atoms with Crippen LogP contribution >= 0.6 is 22.9 Å². The van der Waals surface area contributed by atoms with Crippen molar-refractivity contribution >= 4 is 38.9 Å². The van der Waals surface area contributed by atoms with Crippen molar-refractivity contribution in [2.45, 2.75) is 31.2 Å². The van der Waals surface area contributed by atoms with Gasteiger partial charge in [-0.3, -0.25) is 4.79 Å². The number of benzene rings is 1. The van der Waals surface area contributed by atoms with E-state index in [0.717, 1.165) is 17.0 Å². The molecule has 2 aromatic rings. The van der Waals surface area contributed by atoms with E-state index in [4.69, 9.17) is 11.6 Å². The van der Waals surface area contributed by atoms with Gasteiger partial charge in [0.1, 0.15) is 5.82 Å². The summed E-state index contributed by atoms with van der Waals surface area (Å²) in [5.74, 6) is -0.927. The average Bonchev–Trinajstić information content (AvgIpc) is 3.11. The second kappa shape index (κ2) is 8.90. The number of amides is 1. The molecule has 0 aliphatic carbocycles. The van der Waals surface area contributed by atoms with E-state index in [2.05, 4.69) is 0 Å². The molecule has 0 radical (unpaired) electrons. The van der Waals surface area contributed by atoms with Gasteiger partial charge in [-0.1, -0.05) is 11.6 Å². The summed E-state index contributed by atoms with van der Waals surface area (Å²) in [6, 6.07) is 8.48. The number of carbonyl (C=O) groups is 1.